The first kappa shape index (κ1) is 9.73. The molecule has 68 valence electrons. The molecule has 13 heavy (non-hydrogen) atoms. The first-order valence-corrected chi connectivity index (χ1v) is 4.34. The van der Waals surface area contributed by atoms with Crippen molar-refractivity contribution >= 4 is 22.6 Å². The van der Waals surface area contributed by atoms with Crippen molar-refractivity contribution in [1.82, 2.24) is 0 Å². The number of carbonyl (C=O) groups excluding carboxylic acids is 1. The Morgan fingerprint density at radius 2 is 2.23 bits per heavy atom. The van der Waals surface area contributed by atoms with E-state index in [1.807, 2.05) is 0 Å². The van der Waals surface area contributed by atoms with Crippen molar-refractivity contribution in [2.75, 3.05) is 0 Å². The van der Waals surface area contributed by atoms with E-state index in [4.69, 9.17) is 0 Å². The summed E-state index contributed by atoms with van der Waals surface area (Å²) in [5.74, 6) is 0. The van der Waals surface area contributed by atoms with Crippen LogP contribution in [0.5, 0.6) is 0 Å². The lowest BCUT2D eigenvalue weighted by Gasteiger charge is -1.95. The largest absolute Gasteiger partial charge is 0.287 e. The van der Waals surface area contributed by atoms with Crippen molar-refractivity contribution in [3.8, 4) is 0 Å². The summed E-state index contributed by atoms with van der Waals surface area (Å²) in [6, 6.07) is 6.00. The quantitative estimate of drug-likeness (QED) is 0.414. The molecule has 0 aliphatic heterocycles. The number of nitro groups is 1. The van der Waals surface area contributed by atoms with E-state index in [1.165, 1.54) is 19.1 Å². The minimum absolute atomic E-state index is 0.00579. The van der Waals surface area contributed by atoms with E-state index < -0.39 is 4.92 Å². The molecule has 0 N–H and O–H groups in total. The number of carbonyl (C=O) groups is 1. The molecular weight excluding hydrogens is 190 g/mol. The van der Waals surface area contributed by atoms with Gasteiger partial charge in [-0.2, -0.15) is 0 Å². The Morgan fingerprint density at radius 1 is 1.54 bits per heavy atom. The number of nitro benzene ring substituents is 1. The number of non-ortho nitro benzene ring substituents is 1. The zero-order valence-electron chi connectivity index (χ0n) is 6.89. The average Bonchev–Trinajstić information content (AvgIpc) is 2.03. The highest BCUT2D eigenvalue weighted by atomic mass is 32.2. The van der Waals surface area contributed by atoms with E-state index >= 15 is 0 Å². The van der Waals surface area contributed by atoms with Gasteiger partial charge in [-0.15, -0.1) is 0 Å². The monoisotopic (exact) mass is 197 g/mol. The van der Waals surface area contributed by atoms with Crippen LogP contribution in [-0.4, -0.2) is 10.0 Å². The lowest BCUT2D eigenvalue weighted by Crippen LogP contribution is -1.88. The second kappa shape index (κ2) is 4.04. The van der Waals surface area contributed by atoms with Gasteiger partial charge in [-0.05, 0) is 6.07 Å². The molecule has 0 atom stereocenters. The molecule has 0 saturated carbocycles. The van der Waals surface area contributed by atoms with Gasteiger partial charge in [0.25, 0.3) is 5.69 Å². The fourth-order valence-corrected chi connectivity index (χ4v) is 1.48. The molecule has 0 radical (unpaired) electrons. The minimum atomic E-state index is -0.482. The fourth-order valence-electron chi connectivity index (χ4n) is 0.827. The molecule has 0 fully saturated rings. The Kier molecular flexibility index (Phi) is 3.02. The van der Waals surface area contributed by atoms with Crippen LogP contribution in [0.15, 0.2) is 29.2 Å². The van der Waals surface area contributed by atoms with E-state index in [0.29, 0.717) is 4.90 Å². The second-order valence-corrected chi connectivity index (χ2v) is 3.60. The molecule has 0 bridgehead atoms. The van der Waals surface area contributed by atoms with Crippen LogP contribution in [0.25, 0.3) is 0 Å². The maximum absolute atomic E-state index is 10.7. The summed E-state index contributed by atoms with van der Waals surface area (Å²) in [7, 11) is 0. The number of hydrogen-bond donors (Lipinski definition) is 0. The van der Waals surface area contributed by atoms with Crippen LogP contribution in [-0.2, 0) is 4.79 Å². The van der Waals surface area contributed by atoms with Gasteiger partial charge in [-0.25, -0.2) is 0 Å². The van der Waals surface area contributed by atoms with E-state index in [1.54, 1.807) is 12.1 Å². The molecule has 0 aliphatic rings. The van der Waals surface area contributed by atoms with Gasteiger partial charge in [-0.1, -0.05) is 17.8 Å². The van der Waals surface area contributed by atoms with Crippen molar-refractivity contribution in [2.45, 2.75) is 11.8 Å². The zero-order valence-corrected chi connectivity index (χ0v) is 7.71. The molecule has 0 aromatic heterocycles. The van der Waals surface area contributed by atoms with Crippen molar-refractivity contribution in [3.05, 3.63) is 34.4 Å². The van der Waals surface area contributed by atoms with E-state index in [0.717, 1.165) is 11.8 Å². The molecule has 0 unspecified atom stereocenters. The number of rotatable bonds is 2. The average molecular weight is 197 g/mol. The van der Waals surface area contributed by atoms with Gasteiger partial charge in [0.1, 0.15) is 0 Å². The van der Waals surface area contributed by atoms with Gasteiger partial charge in [0.2, 0.25) is 0 Å². The highest BCUT2D eigenvalue weighted by Crippen LogP contribution is 2.22. The molecule has 0 aliphatic carbocycles. The summed E-state index contributed by atoms with van der Waals surface area (Å²) in [5, 5.41) is 10.3. The molecule has 0 heterocycles. The first-order valence-electron chi connectivity index (χ1n) is 3.52. The van der Waals surface area contributed by atoms with Crippen LogP contribution in [0.4, 0.5) is 5.69 Å². The maximum atomic E-state index is 10.7. The smallest absolute Gasteiger partial charge is 0.270 e. The normalized spacial score (nSPS) is 9.62. The number of benzene rings is 1. The van der Waals surface area contributed by atoms with Crippen LogP contribution in [0.1, 0.15) is 6.92 Å². The summed E-state index contributed by atoms with van der Waals surface area (Å²) >= 11 is 0.987. The number of nitrogens with zero attached hydrogens (tertiary/aromatic N) is 1. The lowest BCUT2D eigenvalue weighted by atomic mass is 10.3. The molecule has 1 aromatic carbocycles. The Labute approximate surface area is 79.1 Å². The number of hydrogen-bond acceptors (Lipinski definition) is 4. The summed E-state index contributed by atoms with van der Waals surface area (Å²) < 4.78 is 0. The fraction of sp³-hybridized carbons (Fsp3) is 0.125. The summed E-state index contributed by atoms with van der Waals surface area (Å²) in [6.07, 6.45) is 0. The summed E-state index contributed by atoms with van der Waals surface area (Å²) in [5.41, 5.74) is 0.00579. The van der Waals surface area contributed by atoms with E-state index in [-0.39, 0.29) is 10.8 Å². The van der Waals surface area contributed by atoms with Gasteiger partial charge in [-0.3, -0.25) is 14.9 Å². The highest BCUT2D eigenvalue weighted by Gasteiger charge is 2.06. The van der Waals surface area contributed by atoms with Gasteiger partial charge in [0.15, 0.2) is 5.12 Å². The van der Waals surface area contributed by atoms with Crippen LogP contribution >= 0.6 is 11.8 Å². The Morgan fingerprint density at radius 3 is 2.77 bits per heavy atom. The van der Waals surface area contributed by atoms with Crippen molar-refractivity contribution in [2.24, 2.45) is 0 Å². The van der Waals surface area contributed by atoms with Gasteiger partial charge in [0, 0.05) is 24.0 Å². The van der Waals surface area contributed by atoms with Crippen molar-refractivity contribution < 1.29 is 9.72 Å². The first-order chi connectivity index (χ1) is 6.09. The van der Waals surface area contributed by atoms with Crippen molar-refractivity contribution in [3.63, 3.8) is 0 Å². The summed E-state index contributed by atoms with van der Waals surface area (Å²) in [6.45, 7) is 1.42. The Bertz CT molecular complexity index is 351. The maximum Gasteiger partial charge on any atom is 0.270 e. The van der Waals surface area contributed by atoms with Crippen molar-refractivity contribution in [1.29, 1.82) is 0 Å². The third-order valence-electron chi connectivity index (χ3n) is 1.29. The molecule has 0 saturated heterocycles. The lowest BCUT2D eigenvalue weighted by molar-refractivity contribution is -0.385. The molecule has 0 spiro atoms. The molecule has 1 aromatic rings. The predicted molar refractivity (Wildman–Crippen MR) is 49.6 cm³/mol. The van der Waals surface area contributed by atoms with Crippen LogP contribution in [0.3, 0.4) is 0 Å². The van der Waals surface area contributed by atoms with Crippen LogP contribution in [0, 0.1) is 10.1 Å². The molecule has 1 rings (SSSR count). The molecule has 4 nitrogen and oxygen atoms in total. The van der Waals surface area contributed by atoms with E-state index in [2.05, 4.69) is 0 Å². The van der Waals surface area contributed by atoms with E-state index in [9.17, 15) is 14.9 Å². The topological polar surface area (TPSA) is 60.2 Å². The molecule has 5 heteroatoms. The second-order valence-electron chi connectivity index (χ2n) is 2.35. The molecular formula is C8H7NO3S. The number of thioether (sulfide) groups is 1. The third kappa shape index (κ3) is 2.87. The van der Waals surface area contributed by atoms with Crippen LogP contribution in [0.2, 0.25) is 0 Å². The van der Waals surface area contributed by atoms with Crippen LogP contribution < -0.4 is 0 Å². The Hall–Kier alpha value is -1.36. The third-order valence-corrected chi connectivity index (χ3v) is 2.07. The predicted octanol–water partition coefficient (Wildman–Crippen LogP) is 2.23. The van der Waals surface area contributed by atoms with Gasteiger partial charge in [0.05, 0.1) is 4.92 Å². The highest BCUT2D eigenvalue weighted by molar-refractivity contribution is 8.13. The van der Waals surface area contributed by atoms with Gasteiger partial charge >= 0.3 is 0 Å². The minimum Gasteiger partial charge on any atom is -0.287 e. The van der Waals surface area contributed by atoms with Gasteiger partial charge < -0.3 is 0 Å². The Balaban J connectivity index is 2.91. The summed E-state index contributed by atoms with van der Waals surface area (Å²) in [4.78, 5) is 21.2. The standard InChI is InChI=1S/C8H7NO3S/c1-6(10)13-8-4-2-3-7(5-8)9(11)12/h2-5H,1H3. The molecule has 0 amide bonds. The zero-order chi connectivity index (χ0) is 9.84. The SMILES string of the molecule is CC(=O)Sc1cccc([N+](=O)[O-])c1.